The first kappa shape index (κ1) is 18.1. The summed E-state index contributed by atoms with van der Waals surface area (Å²) in [7, 11) is 0. The van der Waals surface area contributed by atoms with Crippen molar-refractivity contribution in [3.05, 3.63) is 41.5 Å². The van der Waals surface area contributed by atoms with E-state index in [1.54, 1.807) is 19.1 Å². The number of benzene rings is 1. The van der Waals surface area contributed by atoms with Gasteiger partial charge in [-0.15, -0.1) is 11.6 Å². The highest BCUT2D eigenvalue weighted by Crippen LogP contribution is 2.23. The van der Waals surface area contributed by atoms with Gasteiger partial charge < -0.3 is 9.80 Å². The number of amides is 1. The Labute approximate surface area is 155 Å². The minimum atomic E-state index is -0.502. The second kappa shape index (κ2) is 7.66. The zero-order chi connectivity index (χ0) is 18.0. The molecule has 2 atom stereocenters. The maximum absolute atomic E-state index is 13.0. The van der Waals surface area contributed by atoms with E-state index in [1.165, 1.54) is 23.7 Å². The number of nitrogens with zero attached hydrogens (tertiary/aromatic N) is 4. The molecule has 1 saturated heterocycles. The van der Waals surface area contributed by atoms with Crippen LogP contribution < -0.4 is 4.90 Å². The number of carbonyl (C=O) groups excluding carboxylic acids is 1. The molecule has 0 aliphatic carbocycles. The SMILES string of the molecule is CC(Cl)C(=O)N1CCN(c2nc(Cc3ccc(F)cc3)ns2)CC1C. The van der Waals surface area contributed by atoms with Crippen LogP contribution >= 0.6 is 23.1 Å². The predicted octanol–water partition coefficient (Wildman–Crippen LogP) is 2.93. The van der Waals surface area contributed by atoms with Gasteiger partial charge in [-0.25, -0.2) is 9.37 Å². The van der Waals surface area contributed by atoms with Gasteiger partial charge in [-0.2, -0.15) is 4.37 Å². The van der Waals surface area contributed by atoms with E-state index in [0.717, 1.165) is 16.5 Å². The number of anilines is 1. The smallest absolute Gasteiger partial charge is 0.240 e. The Morgan fingerprint density at radius 3 is 2.76 bits per heavy atom. The number of aromatic nitrogens is 2. The lowest BCUT2D eigenvalue weighted by atomic mass is 10.1. The largest absolute Gasteiger partial charge is 0.343 e. The first-order valence-electron chi connectivity index (χ1n) is 8.20. The molecule has 2 unspecified atom stereocenters. The summed E-state index contributed by atoms with van der Waals surface area (Å²) in [5.41, 5.74) is 0.977. The molecule has 0 radical (unpaired) electrons. The van der Waals surface area contributed by atoms with Crippen LogP contribution in [-0.2, 0) is 11.2 Å². The van der Waals surface area contributed by atoms with Crippen molar-refractivity contribution in [3.63, 3.8) is 0 Å². The van der Waals surface area contributed by atoms with Crippen molar-refractivity contribution in [3.8, 4) is 0 Å². The molecule has 1 aromatic carbocycles. The molecule has 2 aromatic rings. The molecule has 0 saturated carbocycles. The Hall–Kier alpha value is -1.73. The molecule has 1 fully saturated rings. The van der Waals surface area contributed by atoms with Crippen LogP contribution in [0.5, 0.6) is 0 Å². The Bertz CT molecular complexity index is 737. The maximum atomic E-state index is 13.0. The van der Waals surface area contributed by atoms with Gasteiger partial charge in [0.2, 0.25) is 11.0 Å². The molecule has 1 amide bonds. The Balaban J connectivity index is 1.63. The number of carbonyl (C=O) groups is 1. The van der Waals surface area contributed by atoms with Crippen LogP contribution in [0.3, 0.4) is 0 Å². The summed E-state index contributed by atoms with van der Waals surface area (Å²) >= 11 is 7.28. The van der Waals surface area contributed by atoms with Crippen molar-refractivity contribution in [2.75, 3.05) is 24.5 Å². The summed E-state index contributed by atoms with van der Waals surface area (Å²) in [5.74, 6) is 0.457. The van der Waals surface area contributed by atoms with Gasteiger partial charge >= 0.3 is 0 Å². The highest BCUT2D eigenvalue weighted by atomic mass is 35.5. The van der Waals surface area contributed by atoms with Crippen molar-refractivity contribution in [2.24, 2.45) is 0 Å². The molecule has 1 aromatic heterocycles. The van der Waals surface area contributed by atoms with E-state index in [2.05, 4.69) is 14.3 Å². The van der Waals surface area contributed by atoms with E-state index < -0.39 is 5.38 Å². The molecule has 2 heterocycles. The molecule has 1 aliphatic rings. The van der Waals surface area contributed by atoms with E-state index in [1.807, 2.05) is 11.8 Å². The molecule has 5 nitrogen and oxygen atoms in total. The van der Waals surface area contributed by atoms with Crippen LogP contribution in [0.25, 0.3) is 0 Å². The van der Waals surface area contributed by atoms with Gasteiger partial charge in [-0.1, -0.05) is 12.1 Å². The highest BCUT2D eigenvalue weighted by molar-refractivity contribution is 7.09. The average molecular weight is 383 g/mol. The molecule has 0 N–H and O–H groups in total. The van der Waals surface area contributed by atoms with Crippen molar-refractivity contribution in [1.82, 2.24) is 14.3 Å². The zero-order valence-electron chi connectivity index (χ0n) is 14.2. The van der Waals surface area contributed by atoms with Gasteiger partial charge in [0.25, 0.3) is 0 Å². The zero-order valence-corrected chi connectivity index (χ0v) is 15.7. The van der Waals surface area contributed by atoms with Crippen molar-refractivity contribution < 1.29 is 9.18 Å². The molecule has 0 spiro atoms. The van der Waals surface area contributed by atoms with Crippen molar-refractivity contribution >= 4 is 34.2 Å². The van der Waals surface area contributed by atoms with Gasteiger partial charge in [0.05, 0.1) is 0 Å². The summed E-state index contributed by atoms with van der Waals surface area (Å²) < 4.78 is 17.4. The van der Waals surface area contributed by atoms with Crippen molar-refractivity contribution in [1.29, 1.82) is 0 Å². The monoisotopic (exact) mass is 382 g/mol. The average Bonchev–Trinajstić information content (AvgIpc) is 3.04. The minimum absolute atomic E-state index is 0.0249. The van der Waals surface area contributed by atoms with E-state index in [0.29, 0.717) is 26.1 Å². The van der Waals surface area contributed by atoms with E-state index in [4.69, 9.17) is 11.6 Å². The summed E-state index contributed by atoms with van der Waals surface area (Å²) in [6.07, 6.45) is 0.578. The first-order chi connectivity index (χ1) is 11.9. The standard InChI is InChI=1S/C17H20ClFN4OS/c1-11-10-22(7-8-23(11)16(24)12(2)18)17-20-15(21-25-17)9-13-3-5-14(19)6-4-13/h3-6,11-12H,7-10H2,1-2H3. The maximum Gasteiger partial charge on any atom is 0.240 e. The molecule has 1 aliphatic heterocycles. The quantitative estimate of drug-likeness (QED) is 0.763. The molecular formula is C17H20ClFN4OS. The number of hydrogen-bond acceptors (Lipinski definition) is 5. The summed E-state index contributed by atoms with van der Waals surface area (Å²) in [6, 6.07) is 6.45. The van der Waals surface area contributed by atoms with Crippen LogP contribution in [0.1, 0.15) is 25.2 Å². The van der Waals surface area contributed by atoms with Crippen LogP contribution in [0.15, 0.2) is 24.3 Å². The molecule has 25 heavy (non-hydrogen) atoms. The number of halogens is 2. The van der Waals surface area contributed by atoms with E-state index in [-0.39, 0.29) is 17.8 Å². The molecule has 0 bridgehead atoms. The molecular weight excluding hydrogens is 363 g/mol. The van der Waals surface area contributed by atoms with Gasteiger partial charge in [0, 0.05) is 43.6 Å². The van der Waals surface area contributed by atoms with Crippen LogP contribution in [0.4, 0.5) is 9.52 Å². The lowest BCUT2D eigenvalue weighted by molar-refractivity contribution is -0.132. The third-order valence-electron chi connectivity index (χ3n) is 4.25. The predicted molar refractivity (Wildman–Crippen MR) is 97.8 cm³/mol. The first-order valence-corrected chi connectivity index (χ1v) is 9.41. The third-order valence-corrected chi connectivity index (χ3v) is 5.26. The Morgan fingerprint density at radius 2 is 2.12 bits per heavy atom. The van der Waals surface area contributed by atoms with E-state index in [9.17, 15) is 9.18 Å². The summed E-state index contributed by atoms with van der Waals surface area (Å²) in [4.78, 5) is 20.7. The lowest BCUT2D eigenvalue weighted by Gasteiger charge is -2.40. The highest BCUT2D eigenvalue weighted by Gasteiger charge is 2.30. The fraction of sp³-hybridized carbons (Fsp3) is 0.471. The van der Waals surface area contributed by atoms with Gasteiger partial charge in [0.1, 0.15) is 17.0 Å². The topological polar surface area (TPSA) is 49.3 Å². The van der Waals surface area contributed by atoms with Crippen LogP contribution in [-0.4, -0.2) is 51.2 Å². The van der Waals surface area contributed by atoms with Crippen LogP contribution in [0, 0.1) is 5.82 Å². The number of alkyl halides is 1. The fourth-order valence-electron chi connectivity index (χ4n) is 2.92. The Kier molecular flexibility index (Phi) is 5.54. The normalized spacial score (nSPS) is 19.1. The fourth-order valence-corrected chi connectivity index (χ4v) is 3.76. The molecule has 3 rings (SSSR count). The summed E-state index contributed by atoms with van der Waals surface area (Å²) in [6.45, 7) is 5.77. The van der Waals surface area contributed by atoms with Gasteiger partial charge in [-0.3, -0.25) is 4.79 Å². The van der Waals surface area contributed by atoms with E-state index >= 15 is 0 Å². The molecule has 8 heteroatoms. The number of hydrogen-bond donors (Lipinski definition) is 0. The van der Waals surface area contributed by atoms with Gasteiger partial charge in [0.15, 0.2) is 0 Å². The minimum Gasteiger partial charge on any atom is -0.343 e. The van der Waals surface area contributed by atoms with Crippen LogP contribution in [0.2, 0.25) is 0 Å². The summed E-state index contributed by atoms with van der Waals surface area (Å²) in [5, 5.41) is 0.354. The van der Waals surface area contributed by atoms with Crippen molar-refractivity contribution in [2.45, 2.75) is 31.7 Å². The number of rotatable bonds is 4. The lowest BCUT2D eigenvalue weighted by Crippen LogP contribution is -2.55. The Morgan fingerprint density at radius 1 is 1.40 bits per heavy atom. The van der Waals surface area contributed by atoms with Gasteiger partial charge in [-0.05, 0) is 31.5 Å². The second-order valence-electron chi connectivity index (χ2n) is 6.24. The number of piperazine rings is 1. The molecule has 134 valence electrons. The third kappa shape index (κ3) is 4.27. The second-order valence-corrected chi connectivity index (χ2v) is 7.62.